The van der Waals surface area contributed by atoms with Crippen molar-refractivity contribution in [3.8, 4) is 0 Å². The Balaban J connectivity index is 1.93. The molecule has 1 aliphatic rings. The van der Waals surface area contributed by atoms with Crippen molar-refractivity contribution in [2.24, 2.45) is 12.8 Å². The van der Waals surface area contributed by atoms with Crippen LogP contribution in [0, 0.1) is 0 Å². The van der Waals surface area contributed by atoms with E-state index in [1.54, 1.807) is 0 Å². The van der Waals surface area contributed by atoms with E-state index in [1.807, 2.05) is 17.9 Å². The molecule has 0 saturated heterocycles. The molecule has 1 atom stereocenters. The summed E-state index contributed by atoms with van der Waals surface area (Å²) in [5.41, 5.74) is 10.3. The molecule has 0 spiro atoms. The smallest absolute Gasteiger partial charge is 0.0586 e. The number of rotatable bonds is 4. The molecule has 0 fully saturated rings. The standard InChI is InChI=1S/C17H24N4/c1-20(11-14-10-19-21(2)12-14)17(13-18)9-5-7-15-6-3-4-8-16(15)17/h3-4,6,8,10,12H,5,7,9,11,13,18H2,1-2H3. The molecule has 0 aliphatic heterocycles. The first kappa shape index (κ1) is 14.3. The molecule has 0 saturated carbocycles. The Hall–Kier alpha value is -1.65. The molecule has 4 nitrogen and oxygen atoms in total. The van der Waals surface area contributed by atoms with Crippen LogP contribution in [0.25, 0.3) is 0 Å². The Labute approximate surface area is 126 Å². The lowest BCUT2D eigenvalue weighted by molar-refractivity contribution is 0.0959. The van der Waals surface area contributed by atoms with Crippen molar-refractivity contribution in [1.82, 2.24) is 14.7 Å². The minimum atomic E-state index is -0.0509. The second-order valence-electron chi connectivity index (χ2n) is 6.12. The number of aromatic nitrogens is 2. The molecule has 2 N–H and O–H groups in total. The molecular formula is C17H24N4. The normalized spacial score (nSPS) is 21.5. The van der Waals surface area contributed by atoms with Crippen LogP contribution in [0.4, 0.5) is 0 Å². The maximum absolute atomic E-state index is 6.25. The highest BCUT2D eigenvalue weighted by atomic mass is 15.2. The minimum Gasteiger partial charge on any atom is -0.328 e. The van der Waals surface area contributed by atoms with Crippen LogP contribution in [0.3, 0.4) is 0 Å². The monoisotopic (exact) mass is 284 g/mol. The third kappa shape index (κ3) is 2.49. The van der Waals surface area contributed by atoms with Gasteiger partial charge in [-0.3, -0.25) is 9.58 Å². The highest BCUT2D eigenvalue weighted by Crippen LogP contribution is 2.39. The van der Waals surface area contributed by atoms with E-state index < -0.39 is 0 Å². The van der Waals surface area contributed by atoms with Gasteiger partial charge in [-0.2, -0.15) is 5.10 Å². The van der Waals surface area contributed by atoms with Gasteiger partial charge in [0.1, 0.15) is 0 Å². The molecule has 1 heterocycles. The summed E-state index contributed by atoms with van der Waals surface area (Å²) in [6.45, 7) is 1.53. The average Bonchev–Trinajstić information content (AvgIpc) is 2.91. The highest BCUT2D eigenvalue weighted by Gasteiger charge is 2.38. The van der Waals surface area contributed by atoms with Gasteiger partial charge in [-0.05, 0) is 37.4 Å². The Kier molecular flexibility index (Phi) is 3.83. The quantitative estimate of drug-likeness (QED) is 0.934. The van der Waals surface area contributed by atoms with Crippen LogP contribution in [-0.4, -0.2) is 28.3 Å². The molecule has 1 aliphatic carbocycles. The van der Waals surface area contributed by atoms with E-state index in [4.69, 9.17) is 5.73 Å². The number of aryl methyl sites for hydroxylation is 2. The number of likely N-dealkylation sites (N-methyl/N-ethyl adjacent to an activating group) is 1. The van der Waals surface area contributed by atoms with E-state index in [0.717, 1.165) is 13.0 Å². The molecule has 2 aromatic rings. The zero-order chi connectivity index (χ0) is 14.9. The van der Waals surface area contributed by atoms with E-state index in [0.29, 0.717) is 6.54 Å². The van der Waals surface area contributed by atoms with Crippen LogP contribution in [0.15, 0.2) is 36.7 Å². The van der Waals surface area contributed by atoms with Crippen molar-refractivity contribution < 1.29 is 0 Å². The Morgan fingerprint density at radius 3 is 2.90 bits per heavy atom. The van der Waals surface area contributed by atoms with E-state index in [9.17, 15) is 0 Å². The summed E-state index contributed by atoms with van der Waals surface area (Å²) in [4.78, 5) is 2.40. The average molecular weight is 284 g/mol. The number of nitrogens with zero attached hydrogens (tertiary/aromatic N) is 3. The summed E-state index contributed by atoms with van der Waals surface area (Å²) in [6, 6.07) is 8.76. The fraction of sp³-hybridized carbons (Fsp3) is 0.471. The first-order chi connectivity index (χ1) is 10.2. The van der Waals surface area contributed by atoms with E-state index >= 15 is 0 Å². The van der Waals surface area contributed by atoms with E-state index in [-0.39, 0.29) is 5.54 Å². The SMILES string of the molecule is CN(Cc1cnn(C)c1)C1(CN)CCCc2ccccc21. The van der Waals surface area contributed by atoms with Crippen LogP contribution < -0.4 is 5.73 Å². The molecule has 0 radical (unpaired) electrons. The highest BCUT2D eigenvalue weighted by molar-refractivity contribution is 5.37. The Bertz CT molecular complexity index is 619. The molecule has 112 valence electrons. The number of hydrogen-bond donors (Lipinski definition) is 1. The maximum Gasteiger partial charge on any atom is 0.0586 e. The van der Waals surface area contributed by atoms with Gasteiger partial charge < -0.3 is 5.73 Å². The van der Waals surface area contributed by atoms with Crippen molar-refractivity contribution >= 4 is 0 Å². The van der Waals surface area contributed by atoms with Gasteiger partial charge in [0.2, 0.25) is 0 Å². The van der Waals surface area contributed by atoms with Gasteiger partial charge in [-0.25, -0.2) is 0 Å². The minimum absolute atomic E-state index is 0.0509. The van der Waals surface area contributed by atoms with E-state index in [2.05, 4.69) is 47.5 Å². The summed E-state index contributed by atoms with van der Waals surface area (Å²) >= 11 is 0. The summed E-state index contributed by atoms with van der Waals surface area (Å²) in [6.07, 6.45) is 7.51. The fourth-order valence-electron chi connectivity index (χ4n) is 3.64. The molecule has 1 aromatic heterocycles. The summed E-state index contributed by atoms with van der Waals surface area (Å²) in [7, 11) is 4.14. The van der Waals surface area contributed by atoms with Gasteiger partial charge in [0, 0.05) is 31.9 Å². The molecule has 3 rings (SSSR count). The largest absolute Gasteiger partial charge is 0.328 e. The summed E-state index contributed by atoms with van der Waals surface area (Å²) in [5, 5.41) is 4.27. The molecule has 21 heavy (non-hydrogen) atoms. The second kappa shape index (κ2) is 5.62. The zero-order valence-corrected chi connectivity index (χ0v) is 12.9. The molecule has 1 unspecified atom stereocenters. The lowest BCUT2D eigenvalue weighted by Crippen LogP contribution is -2.51. The topological polar surface area (TPSA) is 47.1 Å². The first-order valence-electron chi connectivity index (χ1n) is 7.63. The summed E-state index contributed by atoms with van der Waals surface area (Å²) in [5.74, 6) is 0. The van der Waals surface area contributed by atoms with Gasteiger partial charge in [-0.15, -0.1) is 0 Å². The third-order valence-corrected chi connectivity index (χ3v) is 4.80. The first-order valence-corrected chi connectivity index (χ1v) is 7.63. The maximum atomic E-state index is 6.25. The van der Waals surface area contributed by atoms with Crippen molar-refractivity contribution in [3.05, 3.63) is 53.3 Å². The predicted octanol–water partition coefficient (Wildman–Crippen LogP) is 2.04. The van der Waals surface area contributed by atoms with Crippen molar-refractivity contribution in [1.29, 1.82) is 0 Å². The second-order valence-corrected chi connectivity index (χ2v) is 6.12. The van der Waals surface area contributed by atoms with Crippen molar-refractivity contribution in [2.45, 2.75) is 31.3 Å². The van der Waals surface area contributed by atoms with Crippen LogP contribution in [0.1, 0.15) is 29.5 Å². The Morgan fingerprint density at radius 2 is 2.19 bits per heavy atom. The summed E-state index contributed by atoms with van der Waals surface area (Å²) < 4.78 is 1.85. The Morgan fingerprint density at radius 1 is 1.38 bits per heavy atom. The van der Waals surface area contributed by atoms with Gasteiger partial charge >= 0.3 is 0 Å². The lowest BCUT2D eigenvalue weighted by atomic mass is 9.75. The van der Waals surface area contributed by atoms with Crippen LogP contribution >= 0.6 is 0 Å². The van der Waals surface area contributed by atoms with Gasteiger partial charge in [0.15, 0.2) is 0 Å². The van der Waals surface area contributed by atoms with Gasteiger partial charge in [0.05, 0.1) is 11.7 Å². The molecular weight excluding hydrogens is 260 g/mol. The fourth-order valence-corrected chi connectivity index (χ4v) is 3.64. The molecule has 1 aromatic carbocycles. The molecule has 4 heteroatoms. The van der Waals surface area contributed by atoms with Crippen LogP contribution in [0.2, 0.25) is 0 Å². The van der Waals surface area contributed by atoms with Crippen molar-refractivity contribution in [3.63, 3.8) is 0 Å². The van der Waals surface area contributed by atoms with E-state index in [1.165, 1.54) is 29.5 Å². The predicted molar refractivity (Wildman–Crippen MR) is 84.8 cm³/mol. The van der Waals surface area contributed by atoms with Gasteiger partial charge in [0.25, 0.3) is 0 Å². The number of nitrogens with two attached hydrogens (primary N) is 1. The molecule has 0 amide bonds. The zero-order valence-electron chi connectivity index (χ0n) is 12.9. The number of hydrogen-bond acceptors (Lipinski definition) is 3. The van der Waals surface area contributed by atoms with Crippen molar-refractivity contribution in [2.75, 3.05) is 13.6 Å². The third-order valence-electron chi connectivity index (χ3n) is 4.80. The van der Waals surface area contributed by atoms with Crippen LogP contribution in [-0.2, 0) is 25.6 Å². The van der Waals surface area contributed by atoms with Crippen LogP contribution in [0.5, 0.6) is 0 Å². The van der Waals surface area contributed by atoms with Gasteiger partial charge in [-0.1, -0.05) is 24.3 Å². The number of benzene rings is 1. The number of fused-ring (bicyclic) bond motifs is 1. The molecule has 0 bridgehead atoms. The lowest BCUT2D eigenvalue weighted by Gasteiger charge is -2.45.